The number of rotatable bonds is 4. The molecule has 0 N–H and O–H groups in total. The summed E-state index contributed by atoms with van der Waals surface area (Å²) in [5.74, 6) is -0.580. The van der Waals surface area contributed by atoms with Crippen LogP contribution in [0.3, 0.4) is 0 Å². The molecule has 0 aliphatic rings. The Balaban J connectivity index is 2.53. The van der Waals surface area contributed by atoms with E-state index in [1.807, 2.05) is 36.5 Å². The Morgan fingerprint density at radius 3 is 2.80 bits per heavy atom. The summed E-state index contributed by atoms with van der Waals surface area (Å²) in [6, 6.07) is 9.82. The molecule has 1 aromatic carbocycles. The number of benzene rings is 1. The van der Waals surface area contributed by atoms with Crippen molar-refractivity contribution in [1.82, 2.24) is 4.57 Å². The van der Waals surface area contributed by atoms with E-state index in [2.05, 4.69) is 11.5 Å². The number of carbonyl (C=O) groups is 1. The fourth-order valence-corrected chi connectivity index (χ4v) is 2.15. The summed E-state index contributed by atoms with van der Waals surface area (Å²) >= 11 is 0. The first-order valence-corrected chi connectivity index (χ1v) is 6.58. The second kappa shape index (κ2) is 6.07. The molecule has 0 radical (unpaired) electrons. The summed E-state index contributed by atoms with van der Waals surface area (Å²) in [6.45, 7) is 4.86. The Morgan fingerprint density at radius 1 is 1.40 bits per heavy atom. The lowest BCUT2D eigenvalue weighted by atomic mass is 10.1. The lowest BCUT2D eigenvalue weighted by Crippen LogP contribution is -2.05. The van der Waals surface area contributed by atoms with Crippen LogP contribution in [0, 0.1) is 11.3 Å². The maximum absolute atomic E-state index is 11.7. The van der Waals surface area contributed by atoms with Crippen molar-refractivity contribution in [2.75, 3.05) is 6.61 Å². The SMILES string of the molecule is CCOC(=O)/C(C#N)=C/c1cn(CC)c2ccccc12. The molecule has 1 heterocycles. The van der Waals surface area contributed by atoms with Crippen molar-refractivity contribution in [3.8, 4) is 6.07 Å². The second-order valence-electron chi connectivity index (χ2n) is 4.28. The van der Waals surface area contributed by atoms with E-state index in [1.165, 1.54) is 0 Å². The molecule has 0 amide bonds. The van der Waals surface area contributed by atoms with E-state index in [0.717, 1.165) is 23.0 Å². The van der Waals surface area contributed by atoms with Crippen LogP contribution in [-0.2, 0) is 16.1 Å². The third-order valence-corrected chi connectivity index (χ3v) is 3.08. The molecule has 0 atom stereocenters. The first-order chi connectivity index (χ1) is 9.71. The van der Waals surface area contributed by atoms with Crippen LogP contribution in [0.2, 0.25) is 0 Å². The van der Waals surface area contributed by atoms with E-state index in [9.17, 15) is 4.79 Å². The maximum Gasteiger partial charge on any atom is 0.348 e. The zero-order chi connectivity index (χ0) is 14.5. The highest BCUT2D eigenvalue weighted by atomic mass is 16.5. The fraction of sp³-hybridized carbons (Fsp3) is 0.250. The predicted octanol–water partition coefficient (Wildman–Crippen LogP) is 3.13. The maximum atomic E-state index is 11.7. The highest BCUT2D eigenvalue weighted by molar-refractivity contribution is 6.01. The Labute approximate surface area is 117 Å². The monoisotopic (exact) mass is 268 g/mol. The van der Waals surface area contributed by atoms with Crippen LogP contribution >= 0.6 is 0 Å². The molecule has 1 aromatic heterocycles. The first kappa shape index (κ1) is 13.9. The molecule has 0 aliphatic heterocycles. The number of ether oxygens (including phenoxy) is 1. The Bertz CT molecular complexity index is 705. The van der Waals surface area contributed by atoms with Crippen LogP contribution in [0.1, 0.15) is 19.4 Å². The largest absolute Gasteiger partial charge is 0.462 e. The Hall–Kier alpha value is -2.54. The average molecular weight is 268 g/mol. The van der Waals surface area contributed by atoms with Gasteiger partial charge in [-0.3, -0.25) is 0 Å². The third kappa shape index (κ3) is 2.57. The number of esters is 1. The number of carbonyl (C=O) groups excluding carboxylic acids is 1. The van der Waals surface area contributed by atoms with E-state index >= 15 is 0 Å². The molecule has 20 heavy (non-hydrogen) atoms. The third-order valence-electron chi connectivity index (χ3n) is 3.08. The van der Waals surface area contributed by atoms with Gasteiger partial charge in [0.15, 0.2) is 0 Å². The standard InChI is InChI=1S/C16H16N2O2/c1-3-18-11-13(14-7-5-6-8-15(14)18)9-12(10-17)16(19)20-4-2/h5-9,11H,3-4H2,1-2H3/b12-9+. The molecule has 0 saturated heterocycles. The Morgan fingerprint density at radius 2 is 2.15 bits per heavy atom. The highest BCUT2D eigenvalue weighted by Crippen LogP contribution is 2.23. The molecular formula is C16H16N2O2. The van der Waals surface area contributed by atoms with Crippen molar-refractivity contribution in [1.29, 1.82) is 5.26 Å². The van der Waals surface area contributed by atoms with Crippen molar-refractivity contribution >= 4 is 22.9 Å². The molecule has 0 bridgehead atoms. The number of para-hydroxylation sites is 1. The summed E-state index contributed by atoms with van der Waals surface area (Å²) in [6.07, 6.45) is 3.54. The minimum atomic E-state index is -0.580. The Kier molecular flexibility index (Phi) is 4.21. The van der Waals surface area contributed by atoms with E-state index in [-0.39, 0.29) is 12.2 Å². The van der Waals surface area contributed by atoms with Crippen LogP contribution in [0.5, 0.6) is 0 Å². The topological polar surface area (TPSA) is 55.0 Å². The molecule has 4 nitrogen and oxygen atoms in total. The van der Waals surface area contributed by atoms with Gasteiger partial charge in [0, 0.05) is 29.2 Å². The summed E-state index contributed by atoms with van der Waals surface area (Å²) in [4.78, 5) is 11.7. The number of nitriles is 1. The van der Waals surface area contributed by atoms with Crippen LogP contribution in [0.15, 0.2) is 36.0 Å². The first-order valence-electron chi connectivity index (χ1n) is 6.58. The quantitative estimate of drug-likeness (QED) is 0.486. The van der Waals surface area contributed by atoms with Gasteiger partial charge in [-0.05, 0) is 26.0 Å². The molecule has 2 rings (SSSR count). The van der Waals surface area contributed by atoms with Crippen LogP contribution < -0.4 is 0 Å². The van der Waals surface area contributed by atoms with Crippen LogP contribution in [0.25, 0.3) is 17.0 Å². The minimum Gasteiger partial charge on any atom is -0.462 e. The lowest BCUT2D eigenvalue weighted by Gasteiger charge is -1.98. The molecular weight excluding hydrogens is 252 g/mol. The van der Waals surface area contributed by atoms with Crippen LogP contribution in [0.4, 0.5) is 0 Å². The van der Waals surface area contributed by atoms with Gasteiger partial charge < -0.3 is 9.30 Å². The van der Waals surface area contributed by atoms with Gasteiger partial charge in [0.25, 0.3) is 0 Å². The molecule has 4 heteroatoms. The zero-order valence-electron chi connectivity index (χ0n) is 11.6. The van der Waals surface area contributed by atoms with Gasteiger partial charge in [-0.15, -0.1) is 0 Å². The normalized spacial score (nSPS) is 11.3. The van der Waals surface area contributed by atoms with Gasteiger partial charge in [0.1, 0.15) is 11.6 Å². The molecule has 0 spiro atoms. The summed E-state index contributed by atoms with van der Waals surface area (Å²) in [7, 11) is 0. The van der Waals surface area contributed by atoms with Crippen molar-refractivity contribution in [2.45, 2.75) is 20.4 Å². The second-order valence-corrected chi connectivity index (χ2v) is 4.28. The fourth-order valence-electron chi connectivity index (χ4n) is 2.15. The highest BCUT2D eigenvalue weighted by Gasteiger charge is 2.12. The van der Waals surface area contributed by atoms with E-state index in [4.69, 9.17) is 10.00 Å². The number of fused-ring (bicyclic) bond motifs is 1. The predicted molar refractivity (Wildman–Crippen MR) is 77.8 cm³/mol. The zero-order valence-corrected chi connectivity index (χ0v) is 11.6. The molecule has 0 aliphatic carbocycles. The van der Waals surface area contributed by atoms with Gasteiger partial charge in [-0.1, -0.05) is 18.2 Å². The van der Waals surface area contributed by atoms with Crippen LogP contribution in [-0.4, -0.2) is 17.1 Å². The smallest absolute Gasteiger partial charge is 0.348 e. The van der Waals surface area contributed by atoms with Gasteiger partial charge in [0.05, 0.1) is 6.61 Å². The van der Waals surface area contributed by atoms with E-state index in [0.29, 0.717) is 0 Å². The molecule has 0 fully saturated rings. The summed E-state index contributed by atoms with van der Waals surface area (Å²) in [5, 5.41) is 10.1. The number of aryl methyl sites for hydroxylation is 1. The number of aromatic nitrogens is 1. The molecule has 0 unspecified atom stereocenters. The van der Waals surface area contributed by atoms with Crippen molar-refractivity contribution in [3.05, 3.63) is 41.6 Å². The number of hydrogen-bond donors (Lipinski definition) is 0. The van der Waals surface area contributed by atoms with Gasteiger partial charge >= 0.3 is 5.97 Å². The minimum absolute atomic E-state index is 0.0193. The number of hydrogen-bond acceptors (Lipinski definition) is 3. The van der Waals surface area contributed by atoms with Gasteiger partial charge in [-0.2, -0.15) is 5.26 Å². The van der Waals surface area contributed by atoms with Crippen molar-refractivity contribution < 1.29 is 9.53 Å². The van der Waals surface area contributed by atoms with Crippen molar-refractivity contribution in [3.63, 3.8) is 0 Å². The number of nitrogens with zero attached hydrogens (tertiary/aromatic N) is 2. The summed E-state index contributed by atoms with van der Waals surface area (Å²) < 4.78 is 6.96. The van der Waals surface area contributed by atoms with Gasteiger partial charge in [-0.25, -0.2) is 4.79 Å². The van der Waals surface area contributed by atoms with E-state index < -0.39 is 5.97 Å². The van der Waals surface area contributed by atoms with Crippen molar-refractivity contribution in [2.24, 2.45) is 0 Å². The average Bonchev–Trinajstić information content (AvgIpc) is 2.83. The molecule has 2 aromatic rings. The lowest BCUT2D eigenvalue weighted by molar-refractivity contribution is -0.137. The summed E-state index contributed by atoms with van der Waals surface area (Å²) in [5.41, 5.74) is 1.96. The van der Waals surface area contributed by atoms with E-state index in [1.54, 1.807) is 13.0 Å². The van der Waals surface area contributed by atoms with Gasteiger partial charge in [0.2, 0.25) is 0 Å². The molecule has 102 valence electrons. The molecule has 0 saturated carbocycles.